The molecular weight excluding hydrogens is 272 g/mol. The Balaban J connectivity index is 2.15. The summed E-state index contributed by atoms with van der Waals surface area (Å²) >= 11 is 1.67. The summed E-state index contributed by atoms with van der Waals surface area (Å²) in [5.41, 5.74) is 1.14. The SMILES string of the molecule is COc1cc(C(=O)O)ccc1-c1cc2ccccc2s1. The van der Waals surface area contributed by atoms with Crippen LogP contribution in [0.2, 0.25) is 0 Å². The number of carboxylic acid groups (broad SMARTS) is 1. The number of aromatic carboxylic acids is 1. The van der Waals surface area contributed by atoms with Gasteiger partial charge in [-0.2, -0.15) is 0 Å². The Hall–Kier alpha value is -2.33. The van der Waals surface area contributed by atoms with Crippen molar-refractivity contribution < 1.29 is 14.6 Å². The van der Waals surface area contributed by atoms with Crippen LogP contribution in [0.25, 0.3) is 20.5 Å². The average molecular weight is 284 g/mol. The molecule has 0 unspecified atom stereocenters. The Labute approximate surface area is 120 Å². The van der Waals surface area contributed by atoms with Crippen molar-refractivity contribution in [3.8, 4) is 16.2 Å². The Morgan fingerprint density at radius 3 is 2.65 bits per heavy atom. The largest absolute Gasteiger partial charge is 0.496 e. The second-order valence-corrected chi connectivity index (χ2v) is 5.45. The molecule has 0 aliphatic rings. The lowest BCUT2D eigenvalue weighted by atomic mass is 10.1. The van der Waals surface area contributed by atoms with E-state index in [9.17, 15) is 4.79 Å². The van der Waals surface area contributed by atoms with Crippen LogP contribution in [0.1, 0.15) is 10.4 Å². The fourth-order valence-corrected chi connectivity index (χ4v) is 3.24. The van der Waals surface area contributed by atoms with Gasteiger partial charge in [-0.3, -0.25) is 0 Å². The molecule has 0 aliphatic heterocycles. The Morgan fingerprint density at radius 2 is 1.95 bits per heavy atom. The fraction of sp³-hybridized carbons (Fsp3) is 0.0625. The van der Waals surface area contributed by atoms with Crippen LogP contribution in [0.3, 0.4) is 0 Å². The first-order valence-corrected chi connectivity index (χ1v) is 6.91. The zero-order chi connectivity index (χ0) is 14.1. The van der Waals surface area contributed by atoms with Crippen LogP contribution in [0.4, 0.5) is 0 Å². The molecule has 2 aromatic carbocycles. The summed E-state index contributed by atoms with van der Waals surface area (Å²) in [6.45, 7) is 0. The molecule has 4 heteroatoms. The normalized spacial score (nSPS) is 10.7. The predicted molar refractivity (Wildman–Crippen MR) is 80.8 cm³/mol. The van der Waals surface area contributed by atoms with Gasteiger partial charge in [-0.1, -0.05) is 18.2 Å². The highest BCUT2D eigenvalue weighted by atomic mass is 32.1. The van der Waals surface area contributed by atoms with Crippen LogP contribution < -0.4 is 4.74 Å². The topological polar surface area (TPSA) is 46.5 Å². The van der Waals surface area contributed by atoms with Gasteiger partial charge >= 0.3 is 5.97 Å². The van der Waals surface area contributed by atoms with Gasteiger partial charge in [-0.15, -0.1) is 11.3 Å². The highest BCUT2D eigenvalue weighted by Gasteiger charge is 2.12. The number of hydrogen-bond donors (Lipinski definition) is 1. The van der Waals surface area contributed by atoms with Crippen molar-refractivity contribution in [1.29, 1.82) is 0 Å². The molecule has 0 fully saturated rings. The van der Waals surface area contributed by atoms with E-state index < -0.39 is 5.97 Å². The maximum Gasteiger partial charge on any atom is 0.335 e. The molecule has 0 atom stereocenters. The molecule has 3 rings (SSSR count). The van der Waals surface area contributed by atoms with E-state index >= 15 is 0 Å². The summed E-state index contributed by atoms with van der Waals surface area (Å²) in [5.74, 6) is -0.373. The van der Waals surface area contributed by atoms with Crippen molar-refractivity contribution in [1.82, 2.24) is 0 Å². The molecule has 3 aromatic rings. The van der Waals surface area contributed by atoms with Crippen molar-refractivity contribution in [3.05, 3.63) is 54.1 Å². The van der Waals surface area contributed by atoms with Crippen molar-refractivity contribution in [2.75, 3.05) is 7.11 Å². The highest BCUT2D eigenvalue weighted by molar-refractivity contribution is 7.22. The molecule has 3 nitrogen and oxygen atoms in total. The lowest BCUT2D eigenvalue weighted by Crippen LogP contribution is -1.97. The summed E-state index contributed by atoms with van der Waals surface area (Å²) in [6.07, 6.45) is 0. The summed E-state index contributed by atoms with van der Waals surface area (Å²) in [7, 11) is 1.55. The van der Waals surface area contributed by atoms with Gasteiger partial charge in [0.05, 0.1) is 12.7 Å². The first-order chi connectivity index (χ1) is 9.69. The molecule has 0 amide bonds. The smallest absolute Gasteiger partial charge is 0.335 e. The van der Waals surface area contributed by atoms with Gasteiger partial charge in [-0.05, 0) is 35.7 Å². The van der Waals surface area contributed by atoms with Gasteiger partial charge in [0.25, 0.3) is 0 Å². The van der Waals surface area contributed by atoms with E-state index in [1.165, 1.54) is 10.1 Å². The Bertz CT molecular complexity index is 756. The highest BCUT2D eigenvalue weighted by Crippen LogP contribution is 2.38. The number of carbonyl (C=O) groups is 1. The summed E-state index contributed by atoms with van der Waals surface area (Å²) in [4.78, 5) is 12.1. The third-order valence-electron chi connectivity index (χ3n) is 3.14. The van der Waals surface area contributed by atoms with E-state index in [4.69, 9.17) is 9.84 Å². The van der Waals surface area contributed by atoms with Crippen LogP contribution in [0.15, 0.2) is 48.5 Å². The van der Waals surface area contributed by atoms with Gasteiger partial charge in [-0.25, -0.2) is 4.79 Å². The van der Waals surface area contributed by atoms with E-state index in [2.05, 4.69) is 18.2 Å². The average Bonchev–Trinajstić information content (AvgIpc) is 2.90. The van der Waals surface area contributed by atoms with Crippen LogP contribution in [0.5, 0.6) is 5.75 Å². The van der Waals surface area contributed by atoms with E-state index in [-0.39, 0.29) is 5.56 Å². The lowest BCUT2D eigenvalue weighted by molar-refractivity contribution is 0.0696. The molecule has 0 spiro atoms. The van der Waals surface area contributed by atoms with Crippen LogP contribution in [-0.2, 0) is 0 Å². The van der Waals surface area contributed by atoms with Gasteiger partial charge in [0.1, 0.15) is 5.75 Å². The molecule has 0 aliphatic carbocycles. The minimum Gasteiger partial charge on any atom is -0.496 e. The molecule has 20 heavy (non-hydrogen) atoms. The third-order valence-corrected chi connectivity index (χ3v) is 4.29. The van der Waals surface area contributed by atoms with Gasteiger partial charge in [0, 0.05) is 15.1 Å². The van der Waals surface area contributed by atoms with Crippen LogP contribution in [0, 0.1) is 0 Å². The van der Waals surface area contributed by atoms with Gasteiger partial charge in [0.15, 0.2) is 0 Å². The summed E-state index contributed by atoms with van der Waals surface area (Å²) in [6, 6.07) is 15.2. The standard InChI is InChI=1S/C16H12O3S/c1-19-13-8-11(16(17)18)6-7-12(13)15-9-10-4-2-3-5-14(10)20-15/h2-9H,1H3,(H,17,18). The number of rotatable bonds is 3. The van der Waals surface area contributed by atoms with Crippen molar-refractivity contribution >= 4 is 27.4 Å². The van der Waals surface area contributed by atoms with E-state index in [0.29, 0.717) is 5.75 Å². The summed E-state index contributed by atoms with van der Waals surface area (Å²) in [5, 5.41) is 10.2. The lowest BCUT2D eigenvalue weighted by Gasteiger charge is -2.07. The van der Waals surface area contributed by atoms with E-state index in [0.717, 1.165) is 10.4 Å². The number of methoxy groups -OCH3 is 1. The minimum atomic E-state index is -0.953. The predicted octanol–water partition coefficient (Wildman–Crippen LogP) is 4.28. The van der Waals surface area contributed by atoms with Crippen molar-refractivity contribution in [3.63, 3.8) is 0 Å². The Morgan fingerprint density at radius 1 is 1.15 bits per heavy atom. The molecule has 0 bridgehead atoms. The fourth-order valence-electron chi connectivity index (χ4n) is 2.14. The monoisotopic (exact) mass is 284 g/mol. The van der Waals surface area contributed by atoms with Gasteiger partial charge < -0.3 is 9.84 Å². The van der Waals surface area contributed by atoms with Crippen molar-refractivity contribution in [2.24, 2.45) is 0 Å². The first-order valence-electron chi connectivity index (χ1n) is 6.09. The molecule has 100 valence electrons. The second-order valence-electron chi connectivity index (χ2n) is 4.37. The zero-order valence-corrected chi connectivity index (χ0v) is 11.6. The van der Waals surface area contributed by atoms with E-state index in [1.54, 1.807) is 36.6 Å². The van der Waals surface area contributed by atoms with E-state index in [1.807, 2.05) is 12.1 Å². The summed E-state index contributed by atoms with van der Waals surface area (Å²) < 4.78 is 6.53. The number of benzene rings is 2. The molecule has 0 saturated heterocycles. The molecule has 0 saturated carbocycles. The third kappa shape index (κ3) is 2.14. The quantitative estimate of drug-likeness (QED) is 0.781. The number of thiophene rings is 1. The van der Waals surface area contributed by atoms with Crippen LogP contribution in [-0.4, -0.2) is 18.2 Å². The number of ether oxygens (including phenoxy) is 1. The molecule has 1 aromatic heterocycles. The maximum atomic E-state index is 11.0. The zero-order valence-electron chi connectivity index (χ0n) is 10.8. The number of carboxylic acids is 1. The minimum absolute atomic E-state index is 0.228. The molecule has 1 heterocycles. The molecular formula is C16H12O3S. The Kier molecular flexibility index (Phi) is 3.16. The maximum absolute atomic E-state index is 11.0. The van der Waals surface area contributed by atoms with Crippen LogP contribution >= 0.6 is 11.3 Å². The van der Waals surface area contributed by atoms with Gasteiger partial charge in [0.2, 0.25) is 0 Å². The van der Waals surface area contributed by atoms with Crippen molar-refractivity contribution in [2.45, 2.75) is 0 Å². The molecule has 1 N–H and O–H groups in total. The second kappa shape index (κ2) is 4.98. The molecule has 0 radical (unpaired) electrons. The first kappa shape index (κ1) is 12.7. The number of hydrogen-bond acceptors (Lipinski definition) is 3. The number of fused-ring (bicyclic) bond motifs is 1.